The number of hydrogen-bond donors (Lipinski definition) is 1. The predicted octanol–water partition coefficient (Wildman–Crippen LogP) is 4.34. The van der Waals surface area contributed by atoms with E-state index in [1.165, 1.54) is 0 Å². The van der Waals surface area contributed by atoms with Gasteiger partial charge in [0.2, 0.25) is 5.28 Å². The summed E-state index contributed by atoms with van der Waals surface area (Å²) in [6, 6.07) is 13.7. The van der Waals surface area contributed by atoms with Crippen LogP contribution >= 0.6 is 11.6 Å². The zero-order valence-corrected chi connectivity index (χ0v) is 12.5. The number of fused-ring (bicyclic) bond motifs is 1. The summed E-state index contributed by atoms with van der Waals surface area (Å²) in [5, 5.41) is 4.36. The molecule has 0 aliphatic heterocycles. The van der Waals surface area contributed by atoms with Crippen LogP contribution in [-0.2, 0) is 0 Å². The van der Waals surface area contributed by atoms with Gasteiger partial charge >= 0.3 is 0 Å². The summed E-state index contributed by atoms with van der Waals surface area (Å²) in [5.41, 5.74) is 2.80. The molecule has 0 saturated heterocycles. The quantitative estimate of drug-likeness (QED) is 0.731. The van der Waals surface area contributed by atoms with Gasteiger partial charge in [0.05, 0.1) is 7.11 Å². The molecule has 3 aromatic rings. The molecule has 3 rings (SSSR count). The van der Waals surface area contributed by atoms with Crippen molar-refractivity contribution >= 4 is 34.0 Å². The van der Waals surface area contributed by atoms with E-state index in [0.717, 1.165) is 16.6 Å². The standard InChI is InChI=1S/C16H14ClN3O/c1-10-6-3-4-8-12(10)18-15-11-7-5-9-13(21-2)14(11)19-16(17)20-15/h3-9H,1-2H3,(H,18,19,20). The van der Waals surface area contributed by atoms with Crippen molar-refractivity contribution in [3.8, 4) is 5.75 Å². The fraction of sp³-hybridized carbons (Fsp3) is 0.125. The first-order valence-corrected chi connectivity index (χ1v) is 6.90. The number of aryl methyl sites for hydroxylation is 1. The van der Waals surface area contributed by atoms with Crippen molar-refractivity contribution in [2.75, 3.05) is 12.4 Å². The van der Waals surface area contributed by atoms with Crippen LogP contribution in [0.1, 0.15) is 5.56 Å². The number of benzene rings is 2. The number of halogens is 1. The lowest BCUT2D eigenvalue weighted by Gasteiger charge is -2.12. The van der Waals surface area contributed by atoms with Gasteiger partial charge < -0.3 is 10.1 Å². The predicted molar refractivity (Wildman–Crippen MR) is 85.6 cm³/mol. The molecule has 0 fully saturated rings. The molecule has 5 heteroatoms. The second-order valence-corrected chi connectivity index (χ2v) is 4.98. The normalized spacial score (nSPS) is 10.6. The first kappa shape index (κ1) is 13.6. The number of aromatic nitrogens is 2. The second kappa shape index (κ2) is 5.58. The highest BCUT2D eigenvalue weighted by Crippen LogP contribution is 2.31. The van der Waals surface area contributed by atoms with Gasteiger partial charge in [0.15, 0.2) is 0 Å². The first-order valence-electron chi connectivity index (χ1n) is 6.52. The van der Waals surface area contributed by atoms with E-state index in [0.29, 0.717) is 17.1 Å². The summed E-state index contributed by atoms with van der Waals surface area (Å²) >= 11 is 6.04. The molecular formula is C16H14ClN3O. The van der Waals surface area contributed by atoms with Gasteiger partial charge in [0.1, 0.15) is 17.1 Å². The van der Waals surface area contributed by atoms with Crippen molar-refractivity contribution in [2.24, 2.45) is 0 Å². The second-order valence-electron chi connectivity index (χ2n) is 4.64. The highest BCUT2D eigenvalue weighted by Gasteiger charge is 2.11. The van der Waals surface area contributed by atoms with E-state index in [-0.39, 0.29) is 5.28 Å². The van der Waals surface area contributed by atoms with E-state index >= 15 is 0 Å². The maximum Gasteiger partial charge on any atom is 0.225 e. The average molecular weight is 300 g/mol. The minimum atomic E-state index is 0.183. The third kappa shape index (κ3) is 2.62. The number of para-hydroxylation sites is 2. The van der Waals surface area contributed by atoms with Crippen LogP contribution in [-0.4, -0.2) is 17.1 Å². The molecule has 0 atom stereocenters. The molecule has 2 aromatic carbocycles. The van der Waals surface area contributed by atoms with Crippen LogP contribution < -0.4 is 10.1 Å². The fourth-order valence-corrected chi connectivity index (χ4v) is 2.37. The van der Waals surface area contributed by atoms with Crippen molar-refractivity contribution in [1.29, 1.82) is 0 Å². The van der Waals surface area contributed by atoms with Crippen LogP contribution in [0.25, 0.3) is 10.9 Å². The zero-order valence-electron chi connectivity index (χ0n) is 11.7. The smallest absolute Gasteiger partial charge is 0.225 e. The lowest BCUT2D eigenvalue weighted by molar-refractivity contribution is 0.419. The summed E-state index contributed by atoms with van der Waals surface area (Å²) in [5.74, 6) is 1.34. The van der Waals surface area contributed by atoms with Crippen LogP contribution in [0.3, 0.4) is 0 Å². The Balaban J connectivity index is 2.16. The summed E-state index contributed by atoms with van der Waals surface area (Å²) in [4.78, 5) is 8.56. The highest BCUT2D eigenvalue weighted by molar-refractivity contribution is 6.29. The molecule has 4 nitrogen and oxygen atoms in total. The summed E-state index contributed by atoms with van der Waals surface area (Å²) in [7, 11) is 1.61. The lowest BCUT2D eigenvalue weighted by atomic mass is 10.2. The van der Waals surface area contributed by atoms with Gasteiger partial charge in [-0.2, -0.15) is 4.98 Å². The molecule has 0 spiro atoms. The van der Waals surface area contributed by atoms with Crippen LogP contribution in [0.4, 0.5) is 11.5 Å². The molecule has 0 unspecified atom stereocenters. The van der Waals surface area contributed by atoms with E-state index in [1.54, 1.807) is 7.11 Å². The Morgan fingerprint density at radius 2 is 1.86 bits per heavy atom. The maximum atomic E-state index is 6.04. The lowest BCUT2D eigenvalue weighted by Crippen LogP contribution is -1.99. The van der Waals surface area contributed by atoms with Crippen molar-refractivity contribution in [2.45, 2.75) is 6.92 Å². The molecule has 1 heterocycles. The molecule has 0 bridgehead atoms. The number of rotatable bonds is 3. The molecular weight excluding hydrogens is 286 g/mol. The number of nitrogens with one attached hydrogen (secondary N) is 1. The van der Waals surface area contributed by atoms with Crippen LogP contribution in [0.15, 0.2) is 42.5 Å². The van der Waals surface area contributed by atoms with E-state index in [1.807, 2.05) is 49.4 Å². The molecule has 0 saturated carbocycles. The van der Waals surface area contributed by atoms with Gasteiger partial charge in [-0.3, -0.25) is 0 Å². The fourth-order valence-electron chi connectivity index (χ4n) is 2.20. The Hall–Kier alpha value is -2.33. The zero-order chi connectivity index (χ0) is 14.8. The Morgan fingerprint density at radius 3 is 2.62 bits per heavy atom. The monoisotopic (exact) mass is 299 g/mol. The average Bonchev–Trinajstić information content (AvgIpc) is 2.49. The van der Waals surface area contributed by atoms with Gasteiger partial charge in [-0.1, -0.05) is 24.3 Å². The summed E-state index contributed by atoms with van der Waals surface area (Å²) in [6.07, 6.45) is 0. The number of anilines is 2. The van der Waals surface area contributed by atoms with Gasteiger partial charge in [-0.15, -0.1) is 0 Å². The molecule has 21 heavy (non-hydrogen) atoms. The van der Waals surface area contributed by atoms with E-state index in [9.17, 15) is 0 Å². The minimum Gasteiger partial charge on any atom is -0.494 e. The third-order valence-electron chi connectivity index (χ3n) is 3.28. The molecule has 0 aliphatic rings. The number of hydrogen-bond acceptors (Lipinski definition) is 4. The summed E-state index contributed by atoms with van der Waals surface area (Å²) < 4.78 is 5.33. The SMILES string of the molecule is COc1cccc2c(Nc3ccccc3C)nc(Cl)nc12. The minimum absolute atomic E-state index is 0.183. The molecule has 1 N–H and O–H groups in total. The van der Waals surface area contributed by atoms with Crippen LogP contribution in [0, 0.1) is 6.92 Å². The molecule has 0 radical (unpaired) electrons. The van der Waals surface area contributed by atoms with E-state index in [2.05, 4.69) is 15.3 Å². The molecule has 106 valence electrons. The van der Waals surface area contributed by atoms with Gasteiger partial charge in [0, 0.05) is 11.1 Å². The maximum absolute atomic E-state index is 6.04. The largest absolute Gasteiger partial charge is 0.494 e. The molecule has 0 amide bonds. The summed E-state index contributed by atoms with van der Waals surface area (Å²) in [6.45, 7) is 2.04. The van der Waals surface area contributed by atoms with E-state index < -0.39 is 0 Å². The number of ether oxygens (including phenoxy) is 1. The van der Waals surface area contributed by atoms with Crippen molar-refractivity contribution < 1.29 is 4.74 Å². The van der Waals surface area contributed by atoms with Gasteiger partial charge in [-0.05, 0) is 42.3 Å². The molecule has 0 aliphatic carbocycles. The molecule has 1 aromatic heterocycles. The Labute approximate surface area is 127 Å². The van der Waals surface area contributed by atoms with Crippen LogP contribution in [0.2, 0.25) is 5.28 Å². The van der Waals surface area contributed by atoms with Crippen molar-refractivity contribution in [1.82, 2.24) is 9.97 Å². The van der Waals surface area contributed by atoms with E-state index in [4.69, 9.17) is 16.3 Å². The van der Waals surface area contributed by atoms with Gasteiger partial charge in [-0.25, -0.2) is 4.98 Å². The number of methoxy groups -OCH3 is 1. The highest BCUT2D eigenvalue weighted by atomic mass is 35.5. The topological polar surface area (TPSA) is 47.0 Å². The number of nitrogens with zero attached hydrogens (tertiary/aromatic N) is 2. The van der Waals surface area contributed by atoms with Gasteiger partial charge in [0.25, 0.3) is 0 Å². The van der Waals surface area contributed by atoms with Crippen LogP contribution in [0.5, 0.6) is 5.75 Å². The first-order chi connectivity index (χ1) is 10.2. The Kier molecular flexibility index (Phi) is 3.62. The van der Waals surface area contributed by atoms with Crippen molar-refractivity contribution in [3.05, 3.63) is 53.3 Å². The Bertz CT molecular complexity index is 805. The third-order valence-corrected chi connectivity index (χ3v) is 3.45. The van der Waals surface area contributed by atoms with Crippen molar-refractivity contribution in [3.63, 3.8) is 0 Å². The Morgan fingerprint density at radius 1 is 1.05 bits per heavy atom.